The van der Waals surface area contributed by atoms with Gasteiger partial charge in [0.15, 0.2) is 5.96 Å². The van der Waals surface area contributed by atoms with Gasteiger partial charge in [-0.3, -0.25) is 9.89 Å². The first kappa shape index (κ1) is 18.3. The maximum atomic E-state index is 5.71. The van der Waals surface area contributed by atoms with Gasteiger partial charge in [-0.2, -0.15) is 0 Å². The molecular weight excluding hydrogens is 316 g/mol. The van der Waals surface area contributed by atoms with Crippen molar-refractivity contribution in [2.75, 3.05) is 39.3 Å². The van der Waals surface area contributed by atoms with Crippen molar-refractivity contribution in [1.29, 1.82) is 0 Å². The number of aliphatic imine (C=N–C) groups is 1. The Kier molecular flexibility index (Phi) is 7.18. The number of likely N-dealkylation sites (tertiary alicyclic amines) is 1. The molecule has 1 aromatic heterocycles. The lowest BCUT2D eigenvalue weighted by atomic mass is 10.1. The summed E-state index contributed by atoms with van der Waals surface area (Å²) in [7, 11) is 0. The van der Waals surface area contributed by atoms with Crippen LogP contribution in [0.3, 0.4) is 0 Å². The van der Waals surface area contributed by atoms with Crippen LogP contribution in [0.2, 0.25) is 0 Å². The van der Waals surface area contributed by atoms with Crippen LogP contribution in [-0.2, 0) is 4.74 Å². The molecule has 0 spiro atoms. The number of piperidine rings is 1. The summed E-state index contributed by atoms with van der Waals surface area (Å²) in [6.45, 7) is 7.61. The van der Waals surface area contributed by atoms with Crippen LogP contribution in [0.4, 0.5) is 0 Å². The fraction of sp³-hybridized carbons (Fsp3) is 0.737. The van der Waals surface area contributed by atoms with Crippen LogP contribution in [0.25, 0.3) is 0 Å². The molecule has 2 aliphatic heterocycles. The lowest BCUT2D eigenvalue weighted by molar-refractivity contribution is 0.113. The van der Waals surface area contributed by atoms with Crippen LogP contribution in [0.5, 0.6) is 0 Å². The zero-order chi connectivity index (χ0) is 17.3. The average Bonchev–Trinajstić information content (AvgIpc) is 3.35. The first-order chi connectivity index (χ1) is 12.4. The summed E-state index contributed by atoms with van der Waals surface area (Å²) in [5.74, 6) is 1.88. The Morgan fingerprint density at radius 3 is 2.84 bits per heavy atom. The quantitative estimate of drug-likeness (QED) is 0.586. The molecule has 2 N–H and O–H groups in total. The minimum atomic E-state index is 0.216. The Hall–Kier alpha value is -1.53. The zero-order valence-corrected chi connectivity index (χ0v) is 15.4. The molecule has 2 atom stereocenters. The first-order valence-electron chi connectivity index (χ1n) is 9.78. The monoisotopic (exact) mass is 348 g/mol. The number of furan rings is 1. The van der Waals surface area contributed by atoms with Crippen LogP contribution in [0.1, 0.15) is 50.8 Å². The van der Waals surface area contributed by atoms with E-state index in [1.165, 1.54) is 19.3 Å². The third-order valence-corrected chi connectivity index (χ3v) is 4.99. The lowest BCUT2D eigenvalue weighted by Gasteiger charge is -2.32. The maximum absolute atomic E-state index is 5.71. The van der Waals surface area contributed by atoms with E-state index in [9.17, 15) is 0 Å². The number of ether oxygens (including phenoxy) is 1. The standard InChI is InChI=1S/C19H32N4O2/c1-2-20-19(21-14-16-8-6-12-24-16)22-15-17(18-9-7-13-25-18)23-10-4-3-5-11-23/h7,9,13,16-17H,2-6,8,10-12,14-15H2,1H3,(H2,20,21,22). The largest absolute Gasteiger partial charge is 0.468 e. The Balaban J connectivity index is 1.61. The summed E-state index contributed by atoms with van der Waals surface area (Å²) in [5.41, 5.74) is 0. The van der Waals surface area contributed by atoms with Crippen molar-refractivity contribution in [2.24, 2.45) is 4.99 Å². The number of rotatable bonds is 7. The van der Waals surface area contributed by atoms with E-state index in [4.69, 9.17) is 14.1 Å². The van der Waals surface area contributed by atoms with Crippen molar-refractivity contribution >= 4 is 5.96 Å². The predicted octanol–water partition coefficient (Wildman–Crippen LogP) is 2.54. The van der Waals surface area contributed by atoms with Crippen LogP contribution >= 0.6 is 0 Å². The summed E-state index contributed by atoms with van der Waals surface area (Å²) < 4.78 is 11.4. The first-order valence-corrected chi connectivity index (χ1v) is 9.78. The number of nitrogens with zero attached hydrogens (tertiary/aromatic N) is 2. The summed E-state index contributed by atoms with van der Waals surface area (Å²) in [6, 6.07) is 4.26. The molecule has 140 valence electrons. The number of guanidine groups is 1. The van der Waals surface area contributed by atoms with Crippen molar-refractivity contribution in [3.63, 3.8) is 0 Å². The van der Waals surface area contributed by atoms with Crippen LogP contribution in [-0.4, -0.2) is 56.3 Å². The van der Waals surface area contributed by atoms with Crippen LogP contribution in [0, 0.1) is 0 Å². The summed E-state index contributed by atoms with van der Waals surface area (Å²) in [6.07, 6.45) is 8.22. The van der Waals surface area contributed by atoms with Gasteiger partial charge in [-0.15, -0.1) is 0 Å². The van der Waals surface area contributed by atoms with Gasteiger partial charge >= 0.3 is 0 Å². The number of hydrogen-bond acceptors (Lipinski definition) is 4. The van der Waals surface area contributed by atoms with E-state index in [0.29, 0.717) is 12.6 Å². The van der Waals surface area contributed by atoms with E-state index in [-0.39, 0.29) is 6.04 Å². The van der Waals surface area contributed by atoms with Crippen molar-refractivity contribution in [3.8, 4) is 0 Å². The van der Waals surface area contributed by atoms with Gasteiger partial charge in [0.05, 0.1) is 25.0 Å². The van der Waals surface area contributed by atoms with E-state index in [1.807, 2.05) is 6.07 Å². The molecule has 0 aliphatic carbocycles. The zero-order valence-electron chi connectivity index (χ0n) is 15.4. The van der Waals surface area contributed by atoms with Gasteiger partial charge in [0, 0.05) is 19.7 Å². The van der Waals surface area contributed by atoms with Gasteiger partial charge in [0.25, 0.3) is 0 Å². The minimum Gasteiger partial charge on any atom is -0.468 e. The predicted molar refractivity (Wildman–Crippen MR) is 99.8 cm³/mol. The average molecular weight is 348 g/mol. The fourth-order valence-corrected chi connectivity index (χ4v) is 3.63. The molecule has 0 radical (unpaired) electrons. The molecule has 2 fully saturated rings. The molecule has 3 rings (SSSR count). The highest BCUT2D eigenvalue weighted by atomic mass is 16.5. The van der Waals surface area contributed by atoms with E-state index in [2.05, 4.69) is 28.5 Å². The smallest absolute Gasteiger partial charge is 0.191 e. The Labute approximate surface area is 151 Å². The van der Waals surface area contributed by atoms with E-state index < -0.39 is 0 Å². The molecule has 3 heterocycles. The van der Waals surface area contributed by atoms with E-state index in [1.54, 1.807) is 6.26 Å². The third kappa shape index (κ3) is 5.47. The van der Waals surface area contributed by atoms with E-state index in [0.717, 1.165) is 57.3 Å². The Morgan fingerprint density at radius 2 is 2.16 bits per heavy atom. The maximum Gasteiger partial charge on any atom is 0.191 e. The van der Waals surface area contributed by atoms with Crippen molar-refractivity contribution < 1.29 is 9.15 Å². The summed E-state index contributed by atoms with van der Waals surface area (Å²) >= 11 is 0. The molecule has 0 amide bonds. The Morgan fingerprint density at radius 1 is 1.28 bits per heavy atom. The molecule has 0 bridgehead atoms. The Bertz CT molecular complexity index is 506. The van der Waals surface area contributed by atoms with Gasteiger partial charge in [-0.25, -0.2) is 0 Å². The summed E-state index contributed by atoms with van der Waals surface area (Å²) in [5, 5.41) is 6.78. The third-order valence-electron chi connectivity index (χ3n) is 4.99. The van der Waals surface area contributed by atoms with Crippen LogP contribution in [0.15, 0.2) is 27.8 Å². The topological polar surface area (TPSA) is 62.0 Å². The minimum absolute atomic E-state index is 0.216. The molecule has 0 saturated carbocycles. The van der Waals surface area contributed by atoms with Gasteiger partial charge < -0.3 is 19.8 Å². The highest BCUT2D eigenvalue weighted by molar-refractivity contribution is 5.79. The van der Waals surface area contributed by atoms with Gasteiger partial charge in [0.2, 0.25) is 0 Å². The van der Waals surface area contributed by atoms with Crippen molar-refractivity contribution in [3.05, 3.63) is 24.2 Å². The molecule has 6 heteroatoms. The molecule has 1 aromatic rings. The SMILES string of the molecule is CCNC(=NCC(c1ccco1)N1CCCCC1)NCC1CCCO1. The highest BCUT2D eigenvalue weighted by Crippen LogP contribution is 2.25. The van der Waals surface area contributed by atoms with Gasteiger partial charge in [0.1, 0.15) is 5.76 Å². The second kappa shape index (κ2) is 9.82. The van der Waals surface area contributed by atoms with Gasteiger partial charge in [-0.1, -0.05) is 6.42 Å². The second-order valence-corrected chi connectivity index (χ2v) is 6.86. The highest BCUT2D eigenvalue weighted by Gasteiger charge is 2.24. The number of hydrogen-bond donors (Lipinski definition) is 2. The lowest BCUT2D eigenvalue weighted by Crippen LogP contribution is -2.42. The normalized spacial score (nSPS) is 23.6. The molecular formula is C19H32N4O2. The fourth-order valence-electron chi connectivity index (χ4n) is 3.63. The van der Waals surface area contributed by atoms with Crippen molar-refractivity contribution in [1.82, 2.24) is 15.5 Å². The molecule has 6 nitrogen and oxygen atoms in total. The molecule has 25 heavy (non-hydrogen) atoms. The molecule has 2 saturated heterocycles. The molecule has 2 unspecified atom stereocenters. The molecule has 2 aliphatic rings. The van der Waals surface area contributed by atoms with Gasteiger partial charge in [-0.05, 0) is 57.8 Å². The van der Waals surface area contributed by atoms with Crippen molar-refractivity contribution in [2.45, 2.75) is 51.2 Å². The van der Waals surface area contributed by atoms with Crippen LogP contribution < -0.4 is 10.6 Å². The number of nitrogens with one attached hydrogen (secondary N) is 2. The second-order valence-electron chi connectivity index (χ2n) is 6.86. The molecule has 0 aromatic carbocycles. The summed E-state index contributed by atoms with van der Waals surface area (Å²) in [4.78, 5) is 7.35. The van der Waals surface area contributed by atoms with E-state index >= 15 is 0 Å².